The Morgan fingerprint density at radius 2 is 2.32 bits per heavy atom. The number of carbonyl (C=O) groups excluding carboxylic acids is 1. The summed E-state index contributed by atoms with van der Waals surface area (Å²) in [6.07, 6.45) is 4.68. The van der Waals surface area contributed by atoms with E-state index in [9.17, 15) is 4.79 Å². The Labute approximate surface area is 112 Å². The van der Waals surface area contributed by atoms with E-state index in [1.165, 1.54) is 0 Å². The summed E-state index contributed by atoms with van der Waals surface area (Å²) in [6.45, 7) is 0.732. The second-order valence-electron chi connectivity index (χ2n) is 4.54. The second-order valence-corrected chi connectivity index (χ2v) is 4.54. The normalized spacial score (nSPS) is 15.1. The molecule has 0 spiro atoms. The molecular weight excluding hydrogens is 242 g/mol. The molecule has 0 saturated heterocycles. The molecule has 1 amide bonds. The zero-order valence-electron chi connectivity index (χ0n) is 10.8. The third-order valence-electron chi connectivity index (χ3n) is 2.75. The molecule has 0 unspecified atom stereocenters. The van der Waals surface area contributed by atoms with Gasteiger partial charge in [-0.3, -0.25) is 9.78 Å². The Hall–Kier alpha value is -2.11. The van der Waals surface area contributed by atoms with E-state index in [2.05, 4.69) is 20.6 Å². The molecule has 1 aromatic rings. The number of amides is 1. The minimum Gasteiger partial charge on any atom is -0.370 e. The number of rotatable bonds is 6. The van der Waals surface area contributed by atoms with Crippen LogP contribution in [0, 0.1) is 0 Å². The fraction of sp³-hybridized carbons (Fsp3) is 0.462. The van der Waals surface area contributed by atoms with Crippen molar-refractivity contribution in [3.63, 3.8) is 0 Å². The lowest BCUT2D eigenvalue weighted by Gasteiger charge is -2.05. The number of nitrogens with one attached hydrogen (secondary N) is 2. The predicted molar refractivity (Wildman–Crippen MR) is 73.6 cm³/mol. The lowest BCUT2D eigenvalue weighted by Crippen LogP contribution is -2.35. The number of nitrogens with zero attached hydrogens (tertiary/aromatic N) is 2. The Morgan fingerprint density at radius 3 is 3.00 bits per heavy atom. The average Bonchev–Trinajstić information content (AvgIpc) is 3.22. The SMILES string of the molecule is NC(=NCC(=O)NC1CC1)NCCc1ccccn1. The van der Waals surface area contributed by atoms with E-state index < -0.39 is 0 Å². The molecule has 0 radical (unpaired) electrons. The lowest BCUT2D eigenvalue weighted by molar-refractivity contribution is -0.119. The summed E-state index contributed by atoms with van der Waals surface area (Å²) >= 11 is 0. The number of pyridine rings is 1. The smallest absolute Gasteiger partial charge is 0.242 e. The quantitative estimate of drug-likeness (QED) is 0.489. The van der Waals surface area contributed by atoms with Gasteiger partial charge >= 0.3 is 0 Å². The van der Waals surface area contributed by atoms with E-state index in [4.69, 9.17) is 5.73 Å². The van der Waals surface area contributed by atoms with Crippen molar-refractivity contribution in [2.75, 3.05) is 13.1 Å². The predicted octanol–water partition coefficient (Wildman–Crippen LogP) is -0.193. The maximum Gasteiger partial charge on any atom is 0.242 e. The molecule has 4 N–H and O–H groups in total. The highest BCUT2D eigenvalue weighted by Crippen LogP contribution is 2.18. The minimum atomic E-state index is -0.0722. The molecule has 1 saturated carbocycles. The van der Waals surface area contributed by atoms with Crippen molar-refractivity contribution in [2.24, 2.45) is 10.7 Å². The van der Waals surface area contributed by atoms with Crippen LogP contribution in [0.25, 0.3) is 0 Å². The molecule has 0 atom stereocenters. The fourth-order valence-corrected chi connectivity index (χ4v) is 1.58. The molecule has 1 aromatic heterocycles. The number of nitrogens with two attached hydrogens (primary N) is 1. The Bertz CT molecular complexity index is 442. The molecule has 0 bridgehead atoms. The fourth-order valence-electron chi connectivity index (χ4n) is 1.58. The van der Waals surface area contributed by atoms with Crippen LogP contribution in [0.5, 0.6) is 0 Å². The largest absolute Gasteiger partial charge is 0.370 e. The molecule has 1 aliphatic carbocycles. The van der Waals surface area contributed by atoms with Crippen LogP contribution in [0.4, 0.5) is 0 Å². The third-order valence-corrected chi connectivity index (χ3v) is 2.75. The van der Waals surface area contributed by atoms with Crippen molar-refractivity contribution in [1.29, 1.82) is 0 Å². The van der Waals surface area contributed by atoms with Crippen molar-refractivity contribution < 1.29 is 4.79 Å². The molecule has 19 heavy (non-hydrogen) atoms. The summed E-state index contributed by atoms with van der Waals surface area (Å²) in [6, 6.07) is 6.15. The molecule has 6 nitrogen and oxygen atoms in total. The van der Waals surface area contributed by atoms with Gasteiger partial charge < -0.3 is 16.4 Å². The molecule has 0 aliphatic heterocycles. The van der Waals surface area contributed by atoms with Gasteiger partial charge in [0.15, 0.2) is 5.96 Å². The van der Waals surface area contributed by atoms with Crippen LogP contribution in [0.15, 0.2) is 29.4 Å². The van der Waals surface area contributed by atoms with Crippen molar-refractivity contribution in [1.82, 2.24) is 15.6 Å². The van der Waals surface area contributed by atoms with Gasteiger partial charge in [-0.25, -0.2) is 4.99 Å². The molecule has 1 fully saturated rings. The molecule has 2 rings (SSSR count). The van der Waals surface area contributed by atoms with Crippen LogP contribution in [-0.2, 0) is 11.2 Å². The number of carbonyl (C=O) groups is 1. The Morgan fingerprint density at radius 1 is 1.47 bits per heavy atom. The lowest BCUT2D eigenvalue weighted by atomic mass is 10.3. The van der Waals surface area contributed by atoms with Crippen molar-refractivity contribution in [3.05, 3.63) is 30.1 Å². The van der Waals surface area contributed by atoms with Crippen LogP contribution < -0.4 is 16.4 Å². The van der Waals surface area contributed by atoms with Gasteiger partial charge in [0.25, 0.3) is 0 Å². The summed E-state index contributed by atoms with van der Waals surface area (Å²) in [5, 5.41) is 5.81. The van der Waals surface area contributed by atoms with Crippen LogP contribution in [-0.4, -0.2) is 36.0 Å². The zero-order chi connectivity index (χ0) is 13.5. The Kier molecular flexibility index (Phi) is 4.72. The average molecular weight is 261 g/mol. The van der Waals surface area contributed by atoms with E-state index in [1.807, 2.05) is 18.2 Å². The van der Waals surface area contributed by atoms with Crippen LogP contribution in [0.2, 0.25) is 0 Å². The van der Waals surface area contributed by atoms with Gasteiger partial charge in [-0.15, -0.1) is 0 Å². The monoisotopic (exact) mass is 261 g/mol. The van der Waals surface area contributed by atoms with E-state index in [0.29, 0.717) is 18.5 Å². The number of hydrogen-bond acceptors (Lipinski definition) is 3. The summed E-state index contributed by atoms with van der Waals surface area (Å²) in [5.41, 5.74) is 6.67. The first kappa shape index (κ1) is 13.3. The summed E-state index contributed by atoms with van der Waals surface area (Å²) in [7, 11) is 0. The van der Waals surface area contributed by atoms with Gasteiger partial charge in [-0.1, -0.05) is 6.07 Å². The molecule has 102 valence electrons. The van der Waals surface area contributed by atoms with Gasteiger partial charge in [0.05, 0.1) is 0 Å². The van der Waals surface area contributed by atoms with E-state index in [0.717, 1.165) is 25.0 Å². The first-order chi connectivity index (χ1) is 9.24. The van der Waals surface area contributed by atoms with Gasteiger partial charge in [-0.05, 0) is 25.0 Å². The number of aromatic nitrogens is 1. The number of aliphatic imine (C=N–C) groups is 1. The van der Waals surface area contributed by atoms with E-state index in [-0.39, 0.29) is 12.5 Å². The number of hydrogen-bond donors (Lipinski definition) is 3. The van der Waals surface area contributed by atoms with Gasteiger partial charge in [0.1, 0.15) is 6.54 Å². The highest BCUT2D eigenvalue weighted by molar-refractivity contribution is 5.84. The molecule has 1 heterocycles. The van der Waals surface area contributed by atoms with Crippen LogP contribution >= 0.6 is 0 Å². The van der Waals surface area contributed by atoms with Gasteiger partial charge in [-0.2, -0.15) is 0 Å². The zero-order valence-corrected chi connectivity index (χ0v) is 10.8. The third kappa shape index (κ3) is 5.37. The van der Waals surface area contributed by atoms with Gasteiger partial charge in [0.2, 0.25) is 5.91 Å². The van der Waals surface area contributed by atoms with Crippen molar-refractivity contribution in [3.8, 4) is 0 Å². The first-order valence-electron chi connectivity index (χ1n) is 6.47. The van der Waals surface area contributed by atoms with Gasteiger partial charge in [0, 0.05) is 30.9 Å². The second kappa shape index (κ2) is 6.72. The molecular formula is C13H19N5O. The maximum atomic E-state index is 11.4. The van der Waals surface area contributed by atoms with Crippen LogP contribution in [0.1, 0.15) is 18.5 Å². The highest BCUT2D eigenvalue weighted by atomic mass is 16.2. The summed E-state index contributed by atoms with van der Waals surface area (Å²) < 4.78 is 0. The number of guanidine groups is 1. The standard InChI is InChI=1S/C13H19N5O/c14-13(17-9-12(19)18-11-4-5-11)16-8-6-10-3-1-2-7-15-10/h1-3,7,11H,4-6,8-9H2,(H,18,19)(H3,14,16,17). The van der Waals surface area contributed by atoms with Crippen molar-refractivity contribution >= 4 is 11.9 Å². The highest BCUT2D eigenvalue weighted by Gasteiger charge is 2.22. The Balaban J connectivity index is 1.62. The molecule has 1 aliphatic rings. The molecule has 6 heteroatoms. The topological polar surface area (TPSA) is 92.4 Å². The minimum absolute atomic E-state index is 0.0722. The van der Waals surface area contributed by atoms with E-state index >= 15 is 0 Å². The summed E-state index contributed by atoms with van der Waals surface area (Å²) in [4.78, 5) is 19.6. The summed E-state index contributed by atoms with van der Waals surface area (Å²) in [5.74, 6) is 0.221. The van der Waals surface area contributed by atoms with E-state index in [1.54, 1.807) is 6.20 Å². The van der Waals surface area contributed by atoms with Crippen molar-refractivity contribution in [2.45, 2.75) is 25.3 Å². The first-order valence-corrected chi connectivity index (χ1v) is 6.47. The maximum absolute atomic E-state index is 11.4. The van der Waals surface area contributed by atoms with Crippen LogP contribution in [0.3, 0.4) is 0 Å². The molecule has 0 aromatic carbocycles.